The molecule has 0 aromatic carbocycles. The van der Waals surface area contributed by atoms with E-state index in [0.29, 0.717) is 0 Å². The molecule has 1 amide bonds. The van der Waals surface area contributed by atoms with Gasteiger partial charge >= 0.3 is 0 Å². The summed E-state index contributed by atoms with van der Waals surface area (Å²) < 4.78 is 0. The molecule has 0 rings (SSSR count). The van der Waals surface area contributed by atoms with Gasteiger partial charge in [0.2, 0.25) is 5.91 Å². The SMILES string of the molecule is CNC(=O)[C@H](C)N(C)C. The Bertz CT molecular complexity index is 101. The molecular formula is C6H14N2O. The number of hydrogen-bond donors (Lipinski definition) is 1. The van der Waals surface area contributed by atoms with Crippen molar-refractivity contribution in [3.8, 4) is 0 Å². The van der Waals surface area contributed by atoms with Crippen LogP contribution < -0.4 is 5.32 Å². The van der Waals surface area contributed by atoms with Crippen molar-refractivity contribution in [2.24, 2.45) is 0 Å². The van der Waals surface area contributed by atoms with E-state index in [0.717, 1.165) is 0 Å². The molecule has 1 atom stereocenters. The van der Waals surface area contributed by atoms with Gasteiger partial charge in [-0.25, -0.2) is 0 Å². The fourth-order valence-electron chi connectivity index (χ4n) is 0.443. The largest absolute Gasteiger partial charge is 0.358 e. The standard InChI is InChI=1S/C6H14N2O/c1-5(8(3)4)6(9)7-2/h5H,1-4H3,(H,7,9)/t5-/m0/s1. The molecule has 0 fully saturated rings. The summed E-state index contributed by atoms with van der Waals surface area (Å²) in [5, 5.41) is 2.57. The maximum Gasteiger partial charge on any atom is 0.236 e. The fourth-order valence-corrected chi connectivity index (χ4v) is 0.443. The summed E-state index contributed by atoms with van der Waals surface area (Å²) in [6.07, 6.45) is 0. The first-order valence-corrected chi connectivity index (χ1v) is 2.97. The molecule has 0 saturated heterocycles. The summed E-state index contributed by atoms with van der Waals surface area (Å²) in [5.41, 5.74) is 0. The normalized spacial score (nSPS) is 13.4. The zero-order chi connectivity index (χ0) is 7.44. The molecular weight excluding hydrogens is 116 g/mol. The molecule has 0 unspecified atom stereocenters. The van der Waals surface area contributed by atoms with E-state index in [9.17, 15) is 4.79 Å². The van der Waals surface area contributed by atoms with Crippen molar-refractivity contribution in [2.75, 3.05) is 21.1 Å². The molecule has 54 valence electrons. The summed E-state index contributed by atoms with van der Waals surface area (Å²) in [4.78, 5) is 12.7. The molecule has 0 bridgehead atoms. The van der Waals surface area contributed by atoms with E-state index >= 15 is 0 Å². The molecule has 3 nitrogen and oxygen atoms in total. The van der Waals surface area contributed by atoms with Gasteiger partial charge in [-0.2, -0.15) is 0 Å². The van der Waals surface area contributed by atoms with Crippen LogP contribution in [0.5, 0.6) is 0 Å². The van der Waals surface area contributed by atoms with Crippen LogP contribution in [0.1, 0.15) is 6.92 Å². The Balaban J connectivity index is 3.72. The second kappa shape index (κ2) is 3.45. The quantitative estimate of drug-likeness (QED) is 0.555. The van der Waals surface area contributed by atoms with Gasteiger partial charge in [-0.15, -0.1) is 0 Å². The van der Waals surface area contributed by atoms with Crippen LogP contribution in [0.15, 0.2) is 0 Å². The highest BCUT2D eigenvalue weighted by atomic mass is 16.2. The Morgan fingerprint density at radius 3 is 2.11 bits per heavy atom. The predicted octanol–water partition coefficient (Wildman–Crippen LogP) is -0.317. The number of likely N-dealkylation sites (N-methyl/N-ethyl adjacent to an activating group) is 2. The number of hydrogen-bond acceptors (Lipinski definition) is 2. The van der Waals surface area contributed by atoms with Crippen molar-refractivity contribution in [1.82, 2.24) is 10.2 Å². The average Bonchev–Trinajstić information content (AvgIpc) is 1.84. The van der Waals surface area contributed by atoms with Gasteiger partial charge in [0, 0.05) is 7.05 Å². The molecule has 0 saturated carbocycles. The van der Waals surface area contributed by atoms with Crippen molar-refractivity contribution >= 4 is 5.91 Å². The Morgan fingerprint density at radius 2 is 2.00 bits per heavy atom. The lowest BCUT2D eigenvalue weighted by Crippen LogP contribution is -2.39. The van der Waals surface area contributed by atoms with E-state index in [1.165, 1.54) is 0 Å². The van der Waals surface area contributed by atoms with Gasteiger partial charge in [0.1, 0.15) is 0 Å². The lowest BCUT2D eigenvalue weighted by atomic mass is 10.3. The highest BCUT2D eigenvalue weighted by molar-refractivity contribution is 5.80. The summed E-state index contributed by atoms with van der Waals surface area (Å²) in [6.45, 7) is 1.86. The van der Waals surface area contributed by atoms with Crippen LogP contribution in [0.25, 0.3) is 0 Å². The summed E-state index contributed by atoms with van der Waals surface area (Å²) >= 11 is 0. The van der Waals surface area contributed by atoms with Crippen molar-refractivity contribution in [1.29, 1.82) is 0 Å². The van der Waals surface area contributed by atoms with Crippen molar-refractivity contribution in [3.63, 3.8) is 0 Å². The second-order valence-corrected chi connectivity index (χ2v) is 2.25. The van der Waals surface area contributed by atoms with Crippen LogP contribution in [0.2, 0.25) is 0 Å². The molecule has 0 aliphatic rings. The van der Waals surface area contributed by atoms with Crippen LogP contribution in [0, 0.1) is 0 Å². The minimum atomic E-state index is -0.0324. The Kier molecular flexibility index (Phi) is 3.24. The van der Waals surface area contributed by atoms with E-state index in [-0.39, 0.29) is 11.9 Å². The van der Waals surface area contributed by atoms with Crippen LogP contribution >= 0.6 is 0 Å². The first-order valence-electron chi connectivity index (χ1n) is 2.97. The zero-order valence-corrected chi connectivity index (χ0v) is 6.43. The number of carbonyl (C=O) groups excluding carboxylic acids is 1. The van der Waals surface area contributed by atoms with Crippen LogP contribution in [0.3, 0.4) is 0 Å². The molecule has 0 heterocycles. The molecule has 0 aliphatic heterocycles. The van der Waals surface area contributed by atoms with Crippen molar-refractivity contribution < 1.29 is 4.79 Å². The Morgan fingerprint density at radius 1 is 1.56 bits per heavy atom. The zero-order valence-electron chi connectivity index (χ0n) is 6.43. The van der Waals surface area contributed by atoms with E-state index in [4.69, 9.17) is 0 Å². The van der Waals surface area contributed by atoms with E-state index in [1.807, 2.05) is 25.9 Å². The minimum Gasteiger partial charge on any atom is -0.358 e. The first kappa shape index (κ1) is 8.43. The predicted molar refractivity (Wildman–Crippen MR) is 37.2 cm³/mol. The van der Waals surface area contributed by atoms with Crippen LogP contribution in [0.4, 0.5) is 0 Å². The van der Waals surface area contributed by atoms with E-state index in [1.54, 1.807) is 7.05 Å². The molecule has 0 aliphatic carbocycles. The lowest BCUT2D eigenvalue weighted by Gasteiger charge is -2.16. The number of nitrogens with zero attached hydrogens (tertiary/aromatic N) is 1. The number of carbonyl (C=O) groups is 1. The van der Waals surface area contributed by atoms with Crippen LogP contribution in [-0.2, 0) is 4.79 Å². The van der Waals surface area contributed by atoms with Gasteiger partial charge < -0.3 is 5.32 Å². The molecule has 0 spiro atoms. The smallest absolute Gasteiger partial charge is 0.236 e. The van der Waals surface area contributed by atoms with Gasteiger partial charge in [0.25, 0.3) is 0 Å². The van der Waals surface area contributed by atoms with Crippen molar-refractivity contribution in [3.05, 3.63) is 0 Å². The lowest BCUT2D eigenvalue weighted by molar-refractivity contribution is -0.124. The second-order valence-electron chi connectivity index (χ2n) is 2.25. The van der Waals surface area contributed by atoms with Gasteiger partial charge in [0.15, 0.2) is 0 Å². The minimum absolute atomic E-state index is 0.0324. The molecule has 0 radical (unpaired) electrons. The third kappa shape index (κ3) is 2.46. The van der Waals surface area contributed by atoms with Gasteiger partial charge in [-0.05, 0) is 21.0 Å². The highest BCUT2D eigenvalue weighted by Crippen LogP contribution is 1.88. The number of nitrogens with one attached hydrogen (secondary N) is 1. The molecule has 3 heteroatoms. The Hall–Kier alpha value is -0.570. The topological polar surface area (TPSA) is 32.3 Å². The summed E-state index contributed by atoms with van der Waals surface area (Å²) in [7, 11) is 5.39. The number of amides is 1. The van der Waals surface area contributed by atoms with Gasteiger partial charge in [-0.1, -0.05) is 0 Å². The Labute approximate surface area is 56.0 Å². The molecule has 9 heavy (non-hydrogen) atoms. The summed E-state index contributed by atoms with van der Waals surface area (Å²) in [5.74, 6) is 0.0556. The third-order valence-corrected chi connectivity index (χ3v) is 1.40. The average molecular weight is 130 g/mol. The molecule has 1 N–H and O–H groups in total. The first-order chi connectivity index (χ1) is 4.09. The fraction of sp³-hybridized carbons (Fsp3) is 0.833. The van der Waals surface area contributed by atoms with Gasteiger partial charge in [-0.3, -0.25) is 9.69 Å². The summed E-state index contributed by atoms with van der Waals surface area (Å²) in [6, 6.07) is -0.0324. The molecule has 0 aromatic rings. The van der Waals surface area contributed by atoms with Crippen LogP contribution in [-0.4, -0.2) is 38.0 Å². The van der Waals surface area contributed by atoms with E-state index in [2.05, 4.69) is 5.32 Å². The number of rotatable bonds is 2. The van der Waals surface area contributed by atoms with Gasteiger partial charge in [0.05, 0.1) is 6.04 Å². The monoisotopic (exact) mass is 130 g/mol. The maximum atomic E-state index is 10.8. The highest BCUT2D eigenvalue weighted by Gasteiger charge is 2.11. The van der Waals surface area contributed by atoms with E-state index < -0.39 is 0 Å². The molecule has 0 aromatic heterocycles. The third-order valence-electron chi connectivity index (χ3n) is 1.40. The maximum absolute atomic E-state index is 10.8. The van der Waals surface area contributed by atoms with Crippen molar-refractivity contribution in [2.45, 2.75) is 13.0 Å².